The number of hydrogen-bond donors (Lipinski definition) is 1. The van der Waals surface area contributed by atoms with E-state index in [9.17, 15) is 0 Å². The summed E-state index contributed by atoms with van der Waals surface area (Å²) in [6, 6.07) is 23.4. The first-order valence-corrected chi connectivity index (χ1v) is 8.11. The predicted molar refractivity (Wildman–Crippen MR) is 99.4 cm³/mol. The maximum Gasteiger partial charge on any atom is 0.0494 e. The lowest BCUT2D eigenvalue weighted by Crippen LogP contribution is -1.90. The molecule has 1 aromatic heterocycles. The van der Waals surface area contributed by atoms with Crippen molar-refractivity contribution >= 4 is 0 Å². The Kier molecular flexibility index (Phi) is 4.47. The number of rotatable bonds is 4. The highest BCUT2D eigenvalue weighted by molar-refractivity contribution is 5.72. The van der Waals surface area contributed by atoms with Crippen LogP contribution in [0.5, 0.6) is 0 Å². The fraction of sp³-hybridized carbons (Fsp3) is 0.182. The van der Waals surface area contributed by atoms with Crippen molar-refractivity contribution < 1.29 is 0 Å². The number of aromatic nitrogens is 1. The number of hydrogen-bond acceptors (Lipinski definition) is 0. The normalized spacial score (nSPS) is 10.6. The first kappa shape index (κ1) is 15.4. The summed E-state index contributed by atoms with van der Waals surface area (Å²) in [4.78, 5) is 3.64. The van der Waals surface area contributed by atoms with Crippen LogP contribution >= 0.6 is 0 Å². The lowest BCUT2D eigenvalue weighted by molar-refractivity contribution is 1.09. The Morgan fingerprint density at radius 2 is 1.35 bits per heavy atom. The van der Waals surface area contributed by atoms with Gasteiger partial charge in [-0.2, -0.15) is 0 Å². The Morgan fingerprint density at radius 3 is 1.91 bits per heavy atom. The quantitative estimate of drug-likeness (QED) is 0.548. The minimum absolute atomic E-state index is 0.982. The van der Waals surface area contributed by atoms with E-state index in [-0.39, 0.29) is 0 Å². The molecular formula is C22H23N. The maximum atomic E-state index is 3.64. The molecule has 0 amide bonds. The topological polar surface area (TPSA) is 15.8 Å². The summed E-state index contributed by atoms with van der Waals surface area (Å²) in [7, 11) is 0. The average molecular weight is 301 g/mol. The van der Waals surface area contributed by atoms with Crippen LogP contribution in [0.15, 0.2) is 77.9 Å². The van der Waals surface area contributed by atoms with Crippen molar-refractivity contribution in [3.05, 3.63) is 83.4 Å². The van der Waals surface area contributed by atoms with Gasteiger partial charge in [-0.25, -0.2) is 0 Å². The third kappa shape index (κ3) is 3.45. The van der Waals surface area contributed by atoms with Crippen LogP contribution in [0.25, 0.3) is 22.5 Å². The molecule has 0 radical (unpaired) electrons. The van der Waals surface area contributed by atoms with Gasteiger partial charge in [0.25, 0.3) is 0 Å². The molecule has 2 aromatic carbocycles. The van der Waals surface area contributed by atoms with E-state index >= 15 is 0 Å². The van der Waals surface area contributed by atoms with E-state index in [1.165, 1.54) is 39.2 Å². The lowest BCUT2D eigenvalue weighted by atomic mass is 9.99. The molecule has 0 aliphatic rings. The molecule has 0 aliphatic heterocycles. The minimum Gasteiger partial charge on any atom is -0.354 e. The van der Waals surface area contributed by atoms with Crippen molar-refractivity contribution in [2.45, 2.75) is 27.2 Å². The highest BCUT2D eigenvalue weighted by atomic mass is 14.7. The molecule has 3 aromatic rings. The van der Waals surface area contributed by atoms with Gasteiger partial charge >= 0.3 is 0 Å². The van der Waals surface area contributed by atoms with Gasteiger partial charge in [0, 0.05) is 11.4 Å². The van der Waals surface area contributed by atoms with Gasteiger partial charge in [-0.15, -0.1) is 0 Å². The van der Waals surface area contributed by atoms with E-state index in [0.29, 0.717) is 0 Å². The highest BCUT2D eigenvalue weighted by Gasteiger charge is 2.12. The first-order valence-electron chi connectivity index (χ1n) is 8.11. The van der Waals surface area contributed by atoms with Crippen molar-refractivity contribution in [1.82, 2.24) is 4.98 Å². The standard InChI is InChI=1S/C22H23N/c1-16(2)17(3)14-20-15-21(18-10-6-4-7-11-18)23-22(20)19-12-8-5-9-13-19/h4-13,15,23H,14H2,1-3H3. The Balaban J connectivity index is 2.09. The van der Waals surface area contributed by atoms with Gasteiger partial charge in [0.1, 0.15) is 0 Å². The van der Waals surface area contributed by atoms with Gasteiger partial charge < -0.3 is 4.98 Å². The summed E-state index contributed by atoms with van der Waals surface area (Å²) in [5.41, 5.74) is 9.06. The third-order valence-corrected chi connectivity index (χ3v) is 4.36. The molecule has 1 nitrogen and oxygen atoms in total. The number of nitrogens with one attached hydrogen (secondary N) is 1. The van der Waals surface area contributed by atoms with Crippen LogP contribution in [0.2, 0.25) is 0 Å². The van der Waals surface area contributed by atoms with Crippen molar-refractivity contribution in [2.24, 2.45) is 0 Å². The molecule has 1 heteroatoms. The molecule has 116 valence electrons. The monoisotopic (exact) mass is 301 g/mol. The molecule has 1 heterocycles. The fourth-order valence-electron chi connectivity index (χ4n) is 2.73. The molecule has 1 N–H and O–H groups in total. The van der Waals surface area contributed by atoms with Gasteiger partial charge in [0.15, 0.2) is 0 Å². The maximum absolute atomic E-state index is 3.64. The zero-order chi connectivity index (χ0) is 16.2. The average Bonchev–Trinajstić information content (AvgIpc) is 3.00. The minimum atomic E-state index is 0.982. The summed E-state index contributed by atoms with van der Waals surface area (Å²) < 4.78 is 0. The molecule has 0 saturated heterocycles. The summed E-state index contributed by atoms with van der Waals surface area (Å²) in [6.45, 7) is 6.59. The summed E-state index contributed by atoms with van der Waals surface area (Å²) in [5.74, 6) is 0. The second-order valence-corrected chi connectivity index (χ2v) is 6.27. The van der Waals surface area contributed by atoms with Gasteiger partial charge in [0.05, 0.1) is 0 Å². The second kappa shape index (κ2) is 6.70. The largest absolute Gasteiger partial charge is 0.354 e. The molecule has 3 rings (SSSR count). The number of H-pyrrole nitrogens is 1. The Labute approximate surface area is 138 Å². The Hall–Kier alpha value is -2.54. The van der Waals surface area contributed by atoms with Crippen LogP contribution in [0.1, 0.15) is 26.3 Å². The molecule has 23 heavy (non-hydrogen) atoms. The van der Waals surface area contributed by atoms with Gasteiger partial charge in [-0.1, -0.05) is 71.8 Å². The van der Waals surface area contributed by atoms with Crippen molar-refractivity contribution in [2.75, 3.05) is 0 Å². The van der Waals surface area contributed by atoms with Crippen LogP contribution < -0.4 is 0 Å². The zero-order valence-corrected chi connectivity index (χ0v) is 14.1. The van der Waals surface area contributed by atoms with Crippen molar-refractivity contribution in [3.63, 3.8) is 0 Å². The van der Waals surface area contributed by atoms with Gasteiger partial charge in [-0.3, -0.25) is 0 Å². The fourth-order valence-corrected chi connectivity index (χ4v) is 2.73. The highest BCUT2D eigenvalue weighted by Crippen LogP contribution is 2.30. The third-order valence-electron chi connectivity index (χ3n) is 4.36. The molecule has 0 bridgehead atoms. The van der Waals surface area contributed by atoms with E-state index in [1.807, 2.05) is 0 Å². The first-order chi connectivity index (χ1) is 11.1. The number of aromatic amines is 1. The van der Waals surface area contributed by atoms with E-state index in [0.717, 1.165) is 6.42 Å². The van der Waals surface area contributed by atoms with Crippen LogP contribution in [0.3, 0.4) is 0 Å². The zero-order valence-electron chi connectivity index (χ0n) is 14.1. The summed E-state index contributed by atoms with van der Waals surface area (Å²) in [6.07, 6.45) is 0.982. The molecule has 0 fully saturated rings. The molecule has 0 spiro atoms. The van der Waals surface area contributed by atoms with E-state index in [2.05, 4.69) is 92.5 Å². The number of benzene rings is 2. The SMILES string of the molecule is CC(C)=C(C)Cc1cc(-c2ccccc2)[nH]c1-c1ccccc1. The van der Waals surface area contributed by atoms with Crippen molar-refractivity contribution in [1.29, 1.82) is 0 Å². The number of allylic oxidation sites excluding steroid dienone is 2. The van der Waals surface area contributed by atoms with Gasteiger partial charge in [0.2, 0.25) is 0 Å². The predicted octanol–water partition coefficient (Wildman–Crippen LogP) is 6.25. The van der Waals surface area contributed by atoms with Crippen LogP contribution in [0, 0.1) is 0 Å². The Bertz CT molecular complexity index is 804. The molecule has 0 aliphatic carbocycles. The molecular weight excluding hydrogens is 278 g/mol. The van der Waals surface area contributed by atoms with Crippen LogP contribution in [-0.2, 0) is 6.42 Å². The lowest BCUT2D eigenvalue weighted by Gasteiger charge is -2.06. The van der Waals surface area contributed by atoms with E-state index in [4.69, 9.17) is 0 Å². The van der Waals surface area contributed by atoms with Gasteiger partial charge in [-0.05, 0) is 49.9 Å². The molecule has 0 unspecified atom stereocenters. The van der Waals surface area contributed by atoms with E-state index in [1.54, 1.807) is 0 Å². The second-order valence-electron chi connectivity index (χ2n) is 6.27. The van der Waals surface area contributed by atoms with Crippen LogP contribution in [-0.4, -0.2) is 4.98 Å². The smallest absolute Gasteiger partial charge is 0.0494 e. The molecule has 0 saturated carbocycles. The Morgan fingerprint density at radius 1 is 0.783 bits per heavy atom. The summed E-state index contributed by atoms with van der Waals surface area (Å²) >= 11 is 0. The van der Waals surface area contributed by atoms with E-state index < -0.39 is 0 Å². The van der Waals surface area contributed by atoms with Crippen molar-refractivity contribution in [3.8, 4) is 22.5 Å². The summed E-state index contributed by atoms with van der Waals surface area (Å²) in [5, 5.41) is 0. The van der Waals surface area contributed by atoms with Crippen LogP contribution in [0.4, 0.5) is 0 Å². The molecule has 0 atom stereocenters.